The van der Waals surface area contributed by atoms with E-state index in [9.17, 15) is 9.59 Å². The fourth-order valence-electron chi connectivity index (χ4n) is 2.88. The number of nitrogens with two attached hydrogens (primary N) is 1. The van der Waals surface area contributed by atoms with Crippen LogP contribution in [0.1, 0.15) is 11.8 Å². The number of carbonyl (C=O) groups is 2. The van der Waals surface area contributed by atoms with Crippen LogP contribution in [0.15, 0.2) is 62.5 Å². The molecule has 3 heterocycles. The van der Waals surface area contributed by atoms with Crippen LogP contribution in [0.25, 0.3) is 0 Å². The molecular formula is C17H13N3O4S. The van der Waals surface area contributed by atoms with Crippen LogP contribution in [0, 0.1) is 0 Å². The summed E-state index contributed by atoms with van der Waals surface area (Å²) in [5.74, 6) is -0.00480. The highest BCUT2D eigenvalue weighted by molar-refractivity contribution is 8.18. The average Bonchev–Trinajstić information content (AvgIpc) is 3.23. The molecule has 1 aromatic heterocycles. The van der Waals surface area contributed by atoms with Gasteiger partial charge in [-0.25, -0.2) is 9.89 Å². The van der Waals surface area contributed by atoms with E-state index in [0.717, 1.165) is 16.7 Å². The number of rotatable bonds is 3. The summed E-state index contributed by atoms with van der Waals surface area (Å²) in [5, 5.41) is 0.211. The molecule has 0 saturated carbocycles. The molecule has 0 aliphatic carbocycles. The minimum atomic E-state index is -0.734. The molecule has 0 radical (unpaired) electrons. The van der Waals surface area contributed by atoms with Gasteiger partial charge in [0.2, 0.25) is 0 Å². The van der Waals surface area contributed by atoms with Gasteiger partial charge in [-0.15, -0.1) is 0 Å². The Balaban J connectivity index is 1.81. The SMILES string of the molecule is COc1ccccc1N1C(=O)C2=C(C1=O)[C@@H](c1ccco1)N=C(N)S2. The van der Waals surface area contributed by atoms with Crippen molar-refractivity contribution in [1.82, 2.24) is 0 Å². The van der Waals surface area contributed by atoms with Crippen molar-refractivity contribution in [3.8, 4) is 5.75 Å². The molecule has 2 aliphatic rings. The van der Waals surface area contributed by atoms with Gasteiger partial charge in [0.25, 0.3) is 11.8 Å². The van der Waals surface area contributed by atoms with Crippen molar-refractivity contribution >= 4 is 34.4 Å². The third-order valence-electron chi connectivity index (χ3n) is 3.95. The molecule has 8 heteroatoms. The number of anilines is 1. The van der Waals surface area contributed by atoms with Gasteiger partial charge in [-0.1, -0.05) is 12.1 Å². The zero-order chi connectivity index (χ0) is 17.6. The molecule has 2 aliphatic heterocycles. The van der Waals surface area contributed by atoms with Gasteiger partial charge in [0.15, 0.2) is 5.17 Å². The van der Waals surface area contributed by atoms with Gasteiger partial charge in [0.1, 0.15) is 17.6 Å². The highest BCUT2D eigenvalue weighted by Crippen LogP contribution is 2.45. The first kappa shape index (κ1) is 15.5. The van der Waals surface area contributed by atoms with E-state index in [1.807, 2.05) is 0 Å². The number of hydrogen-bond donors (Lipinski definition) is 1. The third kappa shape index (κ3) is 2.33. The van der Waals surface area contributed by atoms with Gasteiger partial charge in [-0.3, -0.25) is 9.59 Å². The molecule has 126 valence electrons. The van der Waals surface area contributed by atoms with Crippen LogP contribution in [0.2, 0.25) is 0 Å². The number of nitrogens with zero attached hydrogens (tertiary/aromatic N) is 2. The van der Waals surface area contributed by atoms with E-state index < -0.39 is 17.9 Å². The molecule has 1 atom stereocenters. The lowest BCUT2D eigenvalue weighted by atomic mass is 10.1. The van der Waals surface area contributed by atoms with E-state index in [0.29, 0.717) is 17.2 Å². The van der Waals surface area contributed by atoms with E-state index in [1.165, 1.54) is 13.4 Å². The highest BCUT2D eigenvalue weighted by atomic mass is 32.2. The van der Waals surface area contributed by atoms with E-state index in [4.69, 9.17) is 14.9 Å². The van der Waals surface area contributed by atoms with Crippen LogP contribution in [0.4, 0.5) is 5.69 Å². The van der Waals surface area contributed by atoms with Crippen molar-refractivity contribution in [2.45, 2.75) is 6.04 Å². The van der Waals surface area contributed by atoms with Crippen molar-refractivity contribution in [3.05, 3.63) is 58.9 Å². The van der Waals surface area contributed by atoms with Crippen molar-refractivity contribution in [3.63, 3.8) is 0 Å². The molecule has 2 amide bonds. The van der Waals surface area contributed by atoms with Crippen LogP contribution in [0.3, 0.4) is 0 Å². The standard InChI is InChI=1S/C17H13N3O4S/c1-23-10-6-3-2-5-9(10)20-15(21)12-13(11-7-4-8-24-11)19-17(18)25-14(12)16(20)22/h2-8,13H,1H3,(H2,18,19)/t13-/m1/s1. The first-order valence-electron chi connectivity index (χ1n) is 7.42. The zero-order valence-corrected chi connectivity index (χ0v) is 13.9. The van der Waals surface area contributed by atoms with E-state index in [2.05, 4.69) is 4.99 Å². The Kier molecular flexibility index (Phi) is 3.61. The Bertz CT molecular complexity index is 933. The van der Waals surface area contributed by atoms with Gasteiger partial charge < -0.3 is 14.9 Å². The fourth-order valence-corrected chi connectivity index (χ4v) is 3.73. The summed E-state index contributed by atoms with van der Waals surface area (Å²) < 4.78 is 10.7. The summed E-state index contributed by atoms with van der Waals surface area (Å²) in [6, 6.07) is 9.51. The number of amidine groups is 1. The predicted molar refractivity (Wildman–Crippen MR) is 93.2 cm³/mol. The lowest BCUT2D eigenvalue weighted by Gasteiger charge is -2.18. The molecule has 0 spiro atoms. The fraction of sp³-hybridized carbons (Fsp3) is 0.118. The van der Waals surface area contributed by atoms with Gasteiger partial charge in [0, 0.05) is 0 Å². The molecule has 25 heavy (non-hydrogen) atoms. The minimum Gasteiger partial charge on any atom is -0.495 e. The first-order chi connectivity index (χ1) is 12.1. The Hall–Kier alpha value is -3.00. The van der Waals surface area contributed by atoms with Crippen molar-refractivity contribution in [2.24, 2.45) is 10.7 Å². The smallest absolute Gasteiger partial charge is 0.272 e. The lowest BCUT2D eigenvalue weighted by Crippen LogP contribution is -2.32. The maximum Gasteiger partial charge on any atom is 0.272 e. The predicted octanol–water partition coefficient (Wildman–Crippen LogP) is 2.22. The summed E-state index contributed by atoms with van der Waals surface area (Å²) >= 11 is 0.995. The topological polar surface area (TPSA) is 98.1 Å². The van der Waals surface area contributed by atoms with E-state index in [-0.39, 0.29) is 15.6 Å². The average molecular weight is 355 g/mol. The van der Waals surface area contributed by atoms with Crippen LogP contribution in [-0.4, -0.2) is 24.1 Å². The van der Waals surface area contributed by atoms with Crippen molar-refractivity contribution in [1.29, 1.82) is 0 Å². The second-order valence-electron chi connectivity index (χ2n) is 5.35. The van der Waals surface area contributed by atoms with Crippen LogP contribution >= 0.6 is 11.8 Å². The number of benzene rings is 1. The zero-order valence-electron chi connectivity index (χ0n) is 13.1. The number of methoxy groups -OCH3 is 1. The van der Waals surface area contributed by atoms with Gasteiger partial charge in [-0.05, 0) is 36.0 Å². The normalized spacial score (nSPS) is 20.0. The number of thioether (sulfide) groups is 1. The number of imide groups is 1. The quantitative estimate of drug-likeness (QED) is 0.848. The summed E-state index contributed by atoms with van der Waals surface area (Å²) in [7, 11) is 1.48. The first-order valence-corrected chi connectivity index (χ1v) is 8.24. The van der Waals surface area contributed by atoms with Crippen molar-refractivity contribution in [2.75, 3.05) is 12.0 Å². The lowest BCUT2D eigenvalue weighted by molar-refractivity contribution is -0.120. The van der Waals surface area contributed by atoms with Gasteiger partial charge in [0.05, 0.1) is 29.5 Å². The number of hydrogen-bond acceptors (Lipinski definition) is 7. The number of carbonyl (C=O) groups excluding carboxylic acids is 2. The maximum absolute atomic E-state index is 13.1. The second-order valence-corrected chi connectivity index (χ2v) is 6.38. The maximum atomic E-state index is 13.1. The highest BCUT2D eigenvalue weighted by Gasteiger charge is 2.47. The molecule has 0 saturated heterocycles. The molecule has 2 aromatic rings. The number of para-hydroxylation sites is 2. The molecule has 0 bridgehead atoms. The number of ether oxygens (including phenoxy) is 1. The molecular weight excluding hydrogens is 342 g/mol. The van der Waals surface area contributed by atoms with Gasteiger partial charge >= 0.3 is 0 Å². The monoisotopic (exact) mass is 355 g/mol. The van der Waals surface area contributed by atoms with Crippen LogP contribution < -0.4 is 15.4 Å². The van der Waals surface area contributed by atoms with Crippen LogP contribution in [-0.2, 0) is 9.59 Å². The molecule has 4 rings (SSSR count). The molecule has 0 fully saturated rings. The largest absolute Gasteiger partial charge is 0.495 e. The number of furan rings is 1. The van der Waals surface area contributed by atoms with Crippen LogP contribution in [0.5, 0.6) is 5.75 Å². The summed E-state index contributed by atoms with van der Waals surface area (Å²) in [4.78, 5) is 31.6. The molecule has 0 unspecified atom stereocenters. The number of aliphatic imine (C=N–C) groups is 1. The Morgan fingerprint density at radius 3 is 2.72 bits per heavy atom. The van der Waals surface area contributed by atoms with Crippen molar-refractivity contribution < 1.29 is 18.7 Å². The van der Waals surface area contributed by atoms with E-state index in [1.54, 1.807) is 36.4 Å². The minimum absolute atomic E-state index is 0.211. The van der Waals surface area contributed by atoms with Gasteiger partial charge in [-0.2, -0.15) is 0 Å². The third-order valence-corrected chi connectivity index (χ3v) is 4.86. The Morgan fingerprint density at radius 1 is 1.20 bits per heavy atom. The molecule has 1 aromatic carbocycles. The summed E-state index contributed by atoms with van der Waals surface area (Å²) in [6.07, 6.45) is 1.49. The summed E-state index contributed by atoms with van der Waals surface area (Å²) in [5.41, 5.74) is 6.52. The second kappa shape index (κ2) is 5.82. The Labute approximate surface area is 147 Å². The summed E-state index contributed by atoms with van der Waals surface area (Å²) in [6.45, 7) is 0. The number of amides is 2. The Morgan fingerprint density at radius 2 is 2.00 bits per heavy atom. The van der Waals surface area contributed by atoms with E-state index >= 15 is 0 Å². The molecule has 2 N–H and O–H groups in total. The molecule has 7 nitrogen and oxygen atoms in total.